The molecule has 1 aliphatic rings. The molecule has 1 aromatic heterocycles. The Morgan fingerprint density at radius 3 is 2.57 bits per heavy atom. The number of ether oxygens (including phenoxy) is 1. The lowest BCUT2D eigenvalue weighted by Gasteiger charge is -2.27. The van der Waals surface area contributed by atoms with Crippen LogP contribution in [0.4, 0.5) is 23.7 Å². The van der Waals surface area contributed by atoms with E-state index in [4.69, 9.17) is 4.74 Å². The maximum absolute atomic E-state index is 12.6. The summed E-state index contributed by atoms with van der Waals surface area (Å²) >= 11 is 0. The molecule has 1 aromatic carbocycles. The molecular formula is C19H19F3N4O4. The highest BCUT2D eigenvalue weighted by Gasteiger charge is 2.30. The highest BCUT2D eigenvalue weighted by Crippen LogP contribution is 2.29. The zero-order valence-electron chi connectivity index (χ0n) is 16.0. The number of nitrogens with one attached hydrogen (secondary N) is 1. The first-order valence-corrected chi connectivity index (χ1v) is 9.16. The van der Waals surface area contributed by atoms with E-state index in [0.29, 0.717) is 24.2 Å². The van der Waals surface area contributed by atoms with Crippen LogP contribution in [-0.2, 0) is 35.2 Å². The van der Waals surface area contributed by atoms with Crippen LogP contribution in [-0.4, -0.2) is 39.8 Å². The van der Waals surface area contributed by atoms with Gasteiger partial charge in [0.05, 0.1) is 24.4 Å². The van der Waals surface area contributed by atoms with Crippen molar-refractivity contribution in [1.29, 1.82) is 0 Å². The number of rotatable bonds is 4. The second-order valence-electron chi connectivity index (χ2n) is 6.61. The molecule has 0 saturated carbocycles. The van der Waals surface area contributed by atoms with Crippen molar-refractivity contribution in [3.63, 3.8) is 0 Å². The number of amides is 2. The third-order valence-corrected chi connectivity index (χ3v) is 4.46. The van der Waals surface area contributed by atoms with E-state index in [2.05, 4.69) is 10.4 Å². The van der Waals surface area contributed by atoms with Gasteiger partial charge in [0.1, 0.15) is 6.54 Å². The van der Waals surface area contributed by atoms with Gasteiger partial charge in [0.25, 0.3) is 5.56 Å². The predicted octanol–water partition coefficient (Wildman–Crippen LogP) is 2.42. The highest BCUT2D eigenvalue weighted by atomic mass is 19.4. The molecule has 0 radical (unpaired) electrons. The predicted molar refractivity (Wildman–Crippen MR) is 99.7 cm³/mol. The fourth-order valence-electron chi connectivity index (χ4n) is 3.00. The molecule has 160 valence electrons. The van der Waals surface area contributed by atoms with Crippen LogP contribution in [0.25, 0.3) is 0 Å². The van der Waals surface area contributed by atoms with Crippen LogP contribution < -0.4 is 10.9 Å². The molecule has 2 heterocycles. The minimum Gasteiger partial charge on any atom is -0.450 e. The highest BCUT2D eigenvalue weighted by molar-refractivity contribution is 5.90. The van der Waals surface area contributed by atoms with E-state index in [1.165, 1.54) is 11.0 Å². The standard InChI is InChI=1S/C19H19F3N4O4/c1-2-30-18(29)25-8-7-15-12(10-25)9-17(28)26(24-15)11-16(27)23-14-5-3-13(4-6-14)19(20,21)22/h3-6,9H,2,7-8,10-11H2,1H3,(H,23,27). The van der Waals surface area contributed by atoms with Crippen LogP contribution in [0.5, 0.6) is 0 Å². The summed E-state index contributed by atoms with van der Waals surface area (Å²) in [4.78, 5) is 37.8. The molecule has 8 nitrogen and oxygen atoms in total. The zero-order valence-corrected chi connectivity index (χ0v) is 16.0. The maximum Gasteiger partial charge on any atom is 0.416 e. The van der Waals surface area contributed by atoms with Gasteiger partial charge in [0.15, 0.2) is 0 Å². The Hall–Kier alpha value is -3.37. The Labute approximate surface area is 169 Å². The molecule has 30 heavy (non-hydrogen) atoms. The number of carbonyl (C=O) groups excluding carboxylic acids is 2. The van der Waals surface area contributed by atoms with Crippen LogP contribution in [0, 0.1) is 0 Å². The molecule has 0 unspecified atom stereocenters. The molecule has 0 fully saturated rings. The number of fused-ring (bicyclic) bond motifs is 1. The van der Waals surface area contributed by atoms with Gasteiger partial charge in [-0.15, -0.1) is 0 Å². The lowest BCUT2D eigenvalue weighted by molar-refractivity contribution is -0.137. The van der Waals surface area contributed by atoms with Crippen molar-refractivity contribution >= 4 is 17.7 Å². The Kier molecular flexibility index (Phi) is 6.09. The summed E-state index contributed by atoms with van der Waals surface area (Å²) in [6.45, 7) is 2.11. The number of hydrogen-bond donors (Lipinski definition) is 1. The first-order valence-electron chi connectivity index (χ1n) is 9.16. The molecule has 11 heteroatoms. The van der Waals surface area contributed by atoms with Gasteiger partial charge in [-0.3, -0.25) is 9.59 Å². The van der Waals surface area contributed by atoms with Crippen molar-refractivity contribution in [2.75, 3.05) is 18.5 Å². The van der Waals surface area contributed by atoms with Crippen LogP contribution in [0.1, 0.15) is 23.7 Å². The summed E-state index contributed by atoms with van der Waals surface area (Å²) in [5, 5.41) is 6.63. The first-order chi connectivity index (χ1) is 14.2. The number of carbonyl (C=O) groups is 2. The van der Waals surface area contributed by atoms with Crippen molar-refractivity contribution in [3.05, 3.63) is 57.5 Å². The summed E-state index contributed by atoms with van der Waals surface area (Å²) < 4.78 is 43.7. The van der Waals surface area contributed by atoms with Gasteiger partial charge in [-0.25, -0.2) is 9.48 Å². The topological polar surface area (TPSA) is 93.5 Å². The van der Waals surface area contributed by atoms with Crippen LogP contribution in [0.3, 0.4) is 0 Å². The SMILES string of the molecule is CCOC(=O)N1CCc2nn(CC(=O)Nc3ccc(C(F)(F)F)cc3)c(=O)cc2C1. The lowest BCUT2D eigenvalue weighted by atomic mass is 10.1. The van der Waals surface area contributed by atoms with Crippen LogP contribution in [0.2, 0.25) is 0 Å². The third kappa shape index (κ3) is 4.97. The largest absolute Gasteiger partial charge is 0.450 e. The Balaban J connectivity index is 1.67. The molecule has 1 N–H and O–H groups in total. The quantitative estimate of drug-likeness (QED) is 0.814. The molecule has 0 spiro atoms. The molecule has 0 atom stereocenters. The number of nitrogens with zero attached hydrogens (tertiary/aromatic N) is 3. The lowest BCUT2D eigenvalue weighted by Crippen LogP contribution is -2.39. The fraction of sp³-hybridized carbons (Fsp3) is 0.368. The fourth-order valence-corrected chi connectivity index (χ4v) is 3.00. The average molecular weight is 424 g/mol. The minimum absolute atomic E-state index is 0.170. The van der Waals surface area contributed by atoms with Crippen LogP contribution >= 0.6 is 0 Å². The molecule has 0 bridgehead atoms. The van der Waals surface area contributed by atoms with Crippen molar-refractivity contribution in [2.24, 2.45) is 0 Å². The van der Waals surface area contributed by atoms with Crippen molar-refractivity contribution in [3.8, 4) is 0 Å². The van der Waals surface area contributed by atoms with E-state index in [0.717, 1.165) is 28.9 Å². The van der Waals surface area contributed by atoms with E-state index < -0.39 is 35.8 Å². The number of benzene rings is 1. The van der Waals surface area contributed by atoms with E-state index in [-0.39, 0.29) is 18.8 Å². The number of anilines is 1. The number of aromatic nitrogens is 2. The summed E-state index contributed by atoms with van der Waals surface area (Å²) in [6.07, 6.45) is -4.54. The van der Waals surface area contributed by atoms with Gasteiger partial charge < -0.3 is 15.0 Å². The minimum atomic E-state index is -4.47. The first kappa shape index (κ1) is 21.3. The van der Waals surface area contributed by atoms with E-state index in [9.17, 15) is 27.6 Å². The van der Waals surface area contributed by atoms with E-state index >= 15 is 0 Å². The number of alkyl halides is 3. The molecule has 0 aliphatic carbocycles. The second-order valence-corrected chi connectivity index (χ2v) is 6.61. The van der Waals surface area contributed by atoms with Gasteiger partial charge in [-0.1, -0.05) is 0 Å². The molecule has 2 amide bonds. The van der Waals surface area contributed by atoms with Crippen LogP contribution in [0.15, 0.2) is 35.1 Å². The van der Waals surface area contributed by atoms with Gasteiger partial charge in [0.2, 0.25) is 5.91 Å². The monoisotopic (exact) mass is 424 g/mol. The summed E-state index contributed by atoms with van der Waals surface area (Å²) in [7, 11) is 0. The summed E-state index contributed by atoms with van der Waals surface area (Å²) in [5.74, 6) is -0.603. The second kappa shape index (κ2) is 8.56. The number of hydrogen-bond acceptors (Lipinski definition) is 5. The smallest absolute Gasteiger partial charge is 0.416 e. The normalized spacial score (nSPS) is 13.5. The van der Waals surface area contributed by atoms with Crippen molar-refractivity contribution in [1.82, 2.24) is 14.7 Å². The summed E-state index contributed by atoms with van der Waals surface area (Å²) in [6, 6.07) is 5.29. The number of halogens is 3. The molecule has 0 saturated heterocycles. The van der Waals surface area contributed by atoms with Gasteiger partial charge in [0, 0.05) is 30.3 Å². The molecule has 2 aromatic rings. The summed E-state index contributed by atoms with van der Waals surface area (Å²) in [5.41, 5.74) is -0.00720. The Bertz CT molecular complexity index is 1000. The Morgan fingerprint density at radius 2 is 1.93 bits per heavy atom. The Morgan fingerprint density at radius 1 is 1.23 bits per heavy atom. The van der Waals surface area contributed by atoms with Gasteiger partial charge in [-0.2, -0.15) is 18.3 Å². The van der Waals surface area contributed by atoms with Crippen molar-refractivity contribution < 1.29 is 27.5 Å². The molecule has 3 rings (SSSR count). The van der Waals surface area contributed by atoms with Crippen molar-refractivity contribution in [2.45, 2.75) is 32.6 Å². The van der Waals surface area contributed by atoms with E-state index in [1.807, 2.05) is 0 Å². The molecule has 1 aliphatic heterocycles. The maximum atomic E-state index is 12.6. The van der Waals surface area contributed by atoms with E-state index in [1.54, 1.807) is 6.92 Å². The molecular weight excluding hydrogens is 405 g/mol. The van der Waals surface area contributed by atoms with Gasteiger partial charge in [-0.05, 0) is 31.2 Å². The zero-order chi connectivity index (χ0) is 21.9. The van der Waals surface area contributed by atoms with Gasteiger partial charge >= 0.3 is 12.3 Å². The average Bonchev–Trinajstić information content (AvgIpc) is 2.68. The third-order valence-electron chi connectivity index (χ3n) is 4.46.